The summed E-state index contributed by atoms with van der Waals surface area (Å²) < 4.78 is 5.61. The molecule has 0 aliphatic heterocycles. The Bertz CT molecular complexity index is 1160. The molecule has 0 heterocycles. The molecule has 150 valence electrons. The molecule has 5 heteroatoms. The summed E-state index contributed by atoms with van der Waals surface area (Å²) in [4.78, 5) is 1.99. The number of ether oxygens (including phenoxy) is 1. The highest BCUT2D eigenvalue weighted by Gasteiger charge is 2.20. The van der Waals surface area contributed by atoms with Gasteiger partial charge in [-0.1, -0.05) is 77.3 Å². The van der Waals surface area contributed by atoms with E-state index in [-0.39, 0.29) is 0 Å². The summed E-state index contributed by atoms with van der Waals surface area (Å²) in [5.41, 5.74) is 4.67. The van der Waals surface area contributed by atoms with E-state index in [1.165, 1.54) is 0 Å². The fourth-order valence-electron chi connectivity index (χ4n) is 3.34. The smallest absolute Gasteiger partial charge is 0.142 e. The Kier molecular flexibility index (Phi) is 6.19. The second-order valence-electron chi connectivity index (χ2n) is 6.66. The minimum Gasteiger partial charge on any atom is -0.495 e. The summed E-state index contributed by atoms with van der Waals surface area (Å²) in [6.07, 6.45) is 0. The molecule has 0 aliphatic carbocycles. The van der Waals surface area contributed by atoms with Crippen LogP contribution in [0.15, 0.2) is 91.0 Å². The fourth-order valence-corrected chi connectivity index (χ4v) is 3.87. The third-order valence-corrected chi connectivity index (χ3v) is 5.55. The molecule has 4 rings (SSSR count). The van der Waals surface area contributed by atoms with Crippen LogP contribution in [0.1, 0.15) is 0 Å². The van der Waals surface area contributed by atoms with E-state index in [1.807, 2.05) is 53.4 Å². The highest BCUT2D eigenvalue weighted by atomic mass is 35.5. The third-order valence-electron chi connectivity index (χ3n) is 4.76. The van der Waals surface area contributed by atoms with Gasteiger partial charge in [0, 0.05) is 15.7 Å². The highest BCUT2D eigenvalue weighted by Crippen LogP contribution is 2.45. The molecule has 2 nitrogen and oxygen atoms in total. The number of nitrogens with zero attached hydrogens (tertiary/aromatic N) is 1. The van der Waals surface area contributed by atoms with E-state index in [0.29, 0.717) is 20.8 Å². The van der Waals surface area contributed by atoms with Crippen LogP contribution in [0, 0.1) is 0 Å². The van der Waals surface area contributed by atoms with Crippen LogP contribution >= 0.6 is 34.8 Å². The summed E-state index contributed by atoms with van der Waals surface area (Å²) in [6.45, 7) is 0. The van der Waals surface area contributed by atoms with E-state index in [1.54, 1.807) is 25.3 Å². The molecule has 0 radical (unpaired) electrons. The van der Waals surface area contributed by atoms with Crippen molar-refractivity contribution in [1.29, 1.82) is 0 Å². The lowest BCUT2D eigenvalue weighted by Crippen LogP contribution is -2.12. The van der Waals surface area contributed by atoms with Crippen molar-refractivity contribution in [3.05, 3.63) is 106 Å². The van der Waals surface area contributed by atoms with Crippen LogP contribution in [0.4, 0.5) is 17.1 Å². The Morgan fingerprint density at radius 3 is 1.90 bits per heavy atom. The third kappa shape index (κ3) is 4.27. The molecule has 4 aromatic carbocycles. The van der Waals surface area contributed by atoms with Gasteiger partial charge >= 0.3 is 0 Å². The van der Waals surface area contributed by atoms with Gasteiger partial charge in [-0.25, -0.2) is 0 Å². The van der Waals surface area contributed by atoms with E-state index >= 15 is 0 Å². The van der Waals surface area contributed by atoms with E-state index in [0.717, 1.165) is 28.2 Å². The predicted octanol–water partition coefficient (Wildman–Crippen LogP) is 8.79. The summed E-state index contributed by atoms with van der Waals surface area (Å²) in [5, 5.41) is 1.74. The SMILES string of the molecule is COc1ccc(Cl)cc1N(c1ccc(-c2ccccc2)cc1)c1cc(Cl)ccc1Cl. The minimum absolute atomic E-state index is 0.563. The van der Waals surface area contributed by atoms with Crippen molar-refractivity contribution in [1.82, 2.24) is 0 Å². The monoisotopic (exact) mass is 453 g/mol. The second-order valence-corrected chi connectivity index (χ2v) is 7.94. The van der Waals surface area contributed by atoms with Gasteiger partial charge in [0.2, 0.25) is 0 Å². The van der Waals surface area contributed by atoms with Gasteiger partial charge in [-0.15, -0.1) is 0 Å². The first-order valence-electron chi connectivity index (χ1n) is 9.31. The highest BCUT2D eigenvalue weighted by molar-refractivity contribution is 6.35. The Balaban J connectivity index is 1.88. The first-order valence-corrected chi connectivity index (χ1v) is 10.4. The maximum atomic E-state index is 6.58. The van der Waals surface area contributed by atoms with Gasteiger partial charge in [0.15, 0.2) is 0 Å². The lowest BCUT2D eigenvalue weighted by Gasteiger charge is -2.28. The normalized spacial score (nSPS) is 10.7. The van der Waals surface area contributed by atoms with Crippen molar-refractivity contribution < 1.29 is 4.74 Å². The van der Waals surface area contributed by atoms with Crippen LogP contribution in [0.5, 0.6) is 5.75 Å². The summed E-state index contributed by atoms with van der Waals surface area (Å²) in [7, 11) is 1.63. The molecule has 0 spiro atoms. The standard InChI is InChI=1S/C25H18Cl3NO/c1-30-25-14-10-20(27)16-24(25)29(23-15-19(26)9-13-22(23)28)21-11-7-18(8-12-21)17-5-3-2-4-6-17/h2-16H,1H3. The van der Waals surface area contributed by atoms with Crippen molar-refractivity contribution in [2.45, 2.75) is 0 Å². The molecule has 0 unspecified atom stereocenters. The Labute approximate surface area is 191 Å². The molecule has 0 aromatic heterocycles. The lowest BCUT2D eigenvalue weighted by molar-refractivity contribution is 0.416. The molecule has 0 atom stereocenters. The molecule has 0 bridgehead atoms. The van der Waals surface area contributed by atoms with E-state index in [9.17, 15) is 0 Å². The van der Waals surface area contributed by atoms with Crippen molar-refractivity contribution in [3.8, 4) is 16.9 Å². The predicted molar refractivity (Wildman–Crippen MR) is 128 cm³/mol. The van der Waals surface area contributed by atoms with Crippen LogP contribution < -0.4 is 9.64 Å². The zero-order valence-corrected chi connectivity index (χ0v) is 18.4. The minimum atomic E-state index is 0.563. The Hall–Kier alpha value is -2.65. The average molecular weight is 455 g/mol. The van der Waals surface area contributed by atoms with E-state index in [4.69, 9.17) is 39.5 Å². The molecule has 0 saturated carbocycles. The van der Waals surface area contributed by atoms with Crippen LogP contribution in [0.2, 0.25) is 15.1 Å². The van der Waals surface area contributed by atoms with E-state index < -0.39 is 0 Å². The van der Waals surface area contributed by atoms with Crippen LogP contribution in [-0.4, -0.2) is 7.11 Å². The lowest BCUT2D eigenvalue weighted by atomic mass is 10.0. The van der Waals surface area contributed by atoms with Crippen molar-refractivity contribution in [2.24, 2.45) is 0 Å². The van der Waals surface area contributed by atoms with E-state index in [2.05, 4.69) is 24.3 Å². The fraction of sp³-hybridized carbons (Fsp3) is 0.0400. The maximum Gasteiger partial charge on any atom is 0.142 e. The molecule has 30 heavy (non-hydrogen) atoms. The number of anilines is 3. The van der Waals surface area contributed by atoms with Crippen LogP contribution in [0.3, 0.4) is 0 Å². The number of rotatable bonds is 5. The second kappa shape index (κ2) is 9.01. The molecule has 0 N–H and O–H groups in total. The van der Waals surface area contributed by atoms with Crippen LogP contribution in [-0.2, 0) is 0 Å². The molecule has 0 saturated heterocycles. The maximum absolute atomic E-state index is 6.58. The molecular weight excluding hydrogens is 437 g/mol. The Morgan fingerprint density at radius 2 is 1.23 bits per heavy atom. The van der Waals surface area contributed by atoms with Crippen LogP contribution in [0.25, 0.3) is 11.1 Å². The number of hydrogen-bond donors (Lipinski definition) is 0. The quantitative estimate of drug-likeness (QED) is 0.299. The summed E-state index contributed by atoms with van der Waals surface area (Å²) >= 11 is 19.2. The van der Waals surface area contributed by atoms with Gasteiger partial charge in [-0.2, -0.15) is 0 Å². The summed E-state index contributed by atoms with van der Waals surface area (Å²) in [6, 6.07) is 29.3. The molecule has 0 fully saturated rings. The zero-order chi connectivity index (χ0) is 21.1. The Morgan fingerprint density at radius 1 is 0.633 bits per heavy atom. The zero-order valence-electron chi connectivity index (χ0n) is 16.1. The first kappa shape index (κ1) is 20.6. The van der Waals surface area contributed by atoms with Gasteiger partial charge in [0.1, 0.15) is 5.75 Å². The number of methoxy groups -OCH3 is 1. The topological polar surface area (TPSA) is 12.5 Å². The van der Waals surface area contributed by atoms with Crippen molar-refractivity contribution in [2.75, 3.05) is 12.0 Å². The van der Waals surface area contributed by atoms with Gasteiger partial charge in [0.05, 0.1) is 23.5 Å². The van der Waals surface area contributed by atoms with Gasteiger partial charge in [0.25, 0.3) is 0 Å². The molecule has 0 amide bonds. The molecule has 0 aliphatic rings. The first-order chi connectivity index (χ1) is 14.6. The van der Waals surface area contributed by atoms with Gasteiger partial charge in [-0.05, 0) is 59.7 Å². The van der Waals surface area contributed by atoms with Crippen molar-refractivity contribution >= 4 is 51.9 Å². The van der Waals surface area contributed by atoms with Crippen molar-refractivity contribution in [3.63, 3.8) is 0 Å². The molecule has 4 aromatic rings. The summed E-state index contributed by atoms with van der Waals surface area (Å²) in [5.74, 6) is 0.669. The van der Waals surface area contributed by atoms with Gasteiger partial charge in [-0.3, -0.25) is 0 Å². The average Bonchev–Trinajstić information content (AvgIpc) is 2.78. The largest absolute Gasteiger partial charge is 0.495 e. The molecular formula is C25H18Cl3NO. The number of hydrogen-bond acceptors (Lipinski definition) is 2. The van der Waals surface area contributed by atoms with Gasteiger partial charge < -0.3 is 9.64 Å². The number of halogens is 3. The number of benzene rings is 4.